The molecule has 0 aliphatic carbocycles. The van der Waals surface area contributed by atoms with E-state index in [1.54, 1.807) is 26.4 Å². The van der Waals surface area contributed by atoms with E-state index in [1.165, 1.54) is 12.1 Å². The fourth-order valence-corrected chi connectivity index (χ4v) is 2.00. The molecule has 3 N–H and O–H groups in total. The first-order chi connectivity index (χ1) is 11.0. The molecule has 6 nitrogen and oxygen atoms in total. The van der Waals surface area contributed by atoms with E-state index in [0.717, 1.165) is 5.56 Å². The largest absolute Gasteiger partial charge is 0.497 e. The third kappa shape index (κ3) is 4.26. The standard InChI is InChI=1S/C16H17FN2O4/c1-21-12-5-3-10(15(8-12)22-2)9-19-11-4-6-14(13(17)7-11)23-16(18)20/h3-8,19H,9H2,1-2H3,(H2,18,20). The van der Waals surface area contributed by atoms with Crippen molar-refractivity contribution < 1.29 is 23.4 Å². The summed E-state index contributed by atoms with van der Waals surface area (Å²) < 4.78 is 28.7. The van der Waals surface area contributed by atoms with E-state index >= 15 is 0 Å². The Morgan fingerprint density at radius 3 is 2.52 bits per heavy atom. The highest BCUT2D eigenvalue weighted by atomic mass is 19.1. The number of hydrogen-bond donors (Lipinski definition) is 2. The van der Waals surface area contributed by atoms with Crippen LogP contribution in [0.15, 0.2) is 36.4 Å². The second-order valence-electron chi connectivity index (χ2n) is 4.60. The summed E-state index contributed by atoms with van der Waals surface area (Å²) >= 11 is 0. The van der Waals surface area contributed by atoms with Crippen molar-refractivity contribution in [2.45, 2.75) is 6.54 Å². The first kappa shape index (κ1) is 16.4. The molecule has 2 aromatic rings. The zero-order valence-electron chi connectivity index (χ0n) is 12.8. The molecule has 23 heavy (non-hydrogen) atoms. The van der Waals surface area contributed by atoms with Gasteiger partial charge in [0.05, 0.1) is 14.2 Å². The average Bonchev–Trinajstić information content (AvgIpc) is 2.54. The van der Waals surface area contributed by atoms with Crippen LogP contribution in [0.2, 0.25) is 0 Å². The summed E-state index contributed by atoms with van der Waals surface area (Å²) in [6.45, 7) is 0.419. The van der Waals surface area contributed by atoms with Crippen LogP contribution in [0.1, 0.15) is 5.56 Å². The van der Waals surface area contributed by atoms with Gasteiger partial charge in [0.2, 0.25) is 0 Å². The van der Waals surface area contributed by atoms with Gasteiger partial charge in [-0.15, -0.1) is 0 Å². The lowest BCUT2D eigenvalue weighted by Crippen LogP contribution is -2.17. The fourth-order valence-electron chi connectivity index (χ4n) is 2.00. The van der Waals surface area contributed by atoms with Gasteiger partial charge in [-0.25, -0.2) is 9.18 Å². The molecule has 0 aliphatic heterocycles. The molecule has 1 amide bonds. The van der Waals surface area contributed by atoms with E-state index in [9.17, 15) is 9.18 Å². The van der Waals surface area contributed by atoms with Crippen LogP contribution < -0.4 is 25.3 Å². The topological polar surface area (TPSA) is 82.8 Å². The van der Waals surface area contributed by atoms with Gasteiger partial charge in [-0.2, -0.15) is 0 Å². The smallest absolute Gasteiger partial charge is 0.410 e. The molecule has 2 aromatic carbocycles. The van der Waals surface area contributed by atoms with Crippen LogP contribution in [-0.2, 0) is 6.54 Å². The van der Waals surface area contributed by atoms with Crippen LogP contribution in [0.5, 0.6) is 17.2 Å². The summed E-state index contributed by atoms with van der Waals surface area (Å²) in [5.74, 6) is 0.441. The molecule has 0 atom stereocenters. The minimum Gasteiger partial charge on any atom is -0.497 e. The summed E-state index contributed by atoms with van der Waals surface area (Å²) in [4.78, 5) is 10.6. The van der Waals surface area contributed by atoms with Crippen molar-refractivity contribution in [1.29, 1.82) is 0 Å². The Balaban J connectivity index is 2.09. The lowest BCUT2D eigenvalue weighted by molar-refractivity contribution is 0.208. The Morgan fingerprint density at radius 2 is 1.91 bits per heavy atom. The number of nitrogens with two attached hydrogens (primary N) is 1. The summed E-state index contributed by atoms with van der Waals surface area (Å²) in [5.41, 5.74) is 6.26. The molecule has 0 unspecified atom stereocenters. The van der Waals surface area contributed by atoms with Crippen molar-refractivity contribution in [2.75, 3.05) is 19.5 Å². The highest BCUT2D eigenvalue weighted by Gasteiger charge is 2.09. The molecule has 7 heteroatoms. The molecule has 0 aromatic heterocycles. The molecule has 0 spiro atoms. The van der Waals surface area contributed by atoms with Gasteiger partial charge in [-0.1, -0.05) is 0 Å². The van der Waals surface area contributed by atoms with Gasteiger partial charge in [-0.3, -0.25) is 0 Å². The van der Waals surface area contributed by atoms with Crippen molar-refractivity contribution in [3.05, 3.63) is 47.8 Å². The van der Waals surface area contributed by atoms with Crippen molar-refractivity contribution in [2.24, 2.45) is 5.73 Å². The van der Waals surface area contributed by atoms with E-state index < -0.39 is 11.9 Å². The SMILES string of the molecule is COc1ccc(CNc2ccc(OC(N)=O)c(F)c2)c(OC)c1. The number of rotatable bonds is 6. The molecular weight excluding hydrogens is 303 g/mol. The first-order valence-electron chi connectivity index (χ1n) is 6.75. The van der Waals surface area contributed by atoms with Crippen molar-refractivity contribution in [1.82, 2.24) is 0 Å². The number of halogens is 1. The van der Waals surface area contributed by atoms with Gasteiger partial charge < -0.3 is 25.3 Å². The highest BCUT2D eigenvalue weighted by molar-refractivity contribution is 5.68. The molecule has 0 saturated heterocycles. The molecule has 122 valence electrons. The number of ether oxygens (including phenoxy) is 3. The number of amides is 1. The molecule has 0 aliphatic rings. The molecule has 0 radical (unpaired) electrons. The molecule has 0 bridgehead atoms. The minimum absolute atomic E-state index is 0.218. The summed E-state index contributed by atoms with van der Waals surface area (Å²) in [7, 11) is 3.14. The van der Waals surface area contributed by atoms with E-state index in [4.69, 9.17) is 15.2 Å². The lowest BCUT2D eigenvalue weighted by Gasteiger charge is -2.12. The van der Waals surface area contributed by atoms with E-state index in [0.29, 0.717) is 23.7 Å². The maximum Gasteiger partial charge on any atom is 0.410 e. The van der Waals surface area contributed by atoms with Crippen molar-refractivity contribution >= 4 is 11.8 Å². The number of carbonyl (C=O) groups excluding carboxylic acids is 1. The average molecular weight is 320 g/mol. The Morgan fingerprint density at radius 1 is 1.13 bits per heavy atom. The summed E-state index contributed by atoms with van der Waals surface area (Å²) in [6, 6.07) is 9.55. The number of methoxy groups -OCH3 is 2. The van der Waals surface area contributed by atoms with Crippen LogP contribution >= 0.6 is 0 Å². The van der Waals surface area contributed by atoms with E-state index in [2.05, 4.69) is 10.1 Å². The maximum atomic E-state index is 13.8. The molecule has 0 saturated carbocycles. The Labute approximate surface area is 133 Å². The van der Waals surface area contributed by atoms with Crippen LogP contribution in [0.25, 0.3) is 0 Å². The van der Waals surface area contributed by atoms with Gasteiger partial charge in [0.25, 0.3) is 0 Å². The Hall–Kier alpha value is -2.96. The Kier molecular flexibility index (Phi) is 5.24. The monoisotopic (exact) mass is 320 g/mol. The molecular formula is C16H17FN2O4. The summed E-state index contributed by atoms with van der Waals surface area (Å²) in [6.07, 6.45) is -1.06. The normalized spacial score (nSPS) is 10.0. The van der Waals surface area contributed by atoms with Crippen LogP contribution in [0, 0.1) is 5.82 Å². The molecule has 0 fully saturated rings. The number of nitrogens with one attached hydrogen (secondary N) is 1. The van der Waals surface area contributed by atoms with Gasteiger partial charge >= 0.3 is 6.09 Å². The van der Waals surface area contributed by atoms with Crippen LogP contribution in [0.3, 0.4) is 0 Å². The number of primary amides is 1. The fraction of sp³-hybridized carbons (Fsp3) is 0.188. The third-order valence-electron chi connectivity index (χ3n) is 3.12. The van der Waals surface area contributed by atoms with Crippen molar-refractivity contribution in [3.63, 3.8) is 0 Å². The molecule has 2 rings (SSSR count). The number of hydrogen-bond acceptors (Lipinski definition) is 5. The second-order valence-corrected chi connectivity index (χ2v) is 4.60. The minimum atomic E-state index is -1.06. The van der Waals surface area contributed by atoms with Gasteiger partial charge in [0.1, 0.15) is 11.5 Å². The third-order valence-corrected chi connectivity index (χ3v) is 3.12. The summed E-state index contributed by atoms with van der Waals surface area (Å²) in [5, 5.41) is 3.06. The van der Waals surface area contributed by atoms with Crippen molar-refractivity contribution in [3.8, 4) is 17.2 Å². The maximum absolute atomic E-state index is 13.8. The van der Waals surface area contributed by atoms with E-state index in [-0.39, 0.29) is 5.75 Å². The van der Waals surface area contributed by atoms with Crippen LogP contribution in [-0.4, -0.2) is 20.3 Å². The van der Waals surface area contributed by atoms with Gasteiger partial charge in [0.15, 0.2) is 11.6 Å². The predicted octanol–water partition coefficient (Wildman–Crippen LogP) is 2.91. The number of anilines is 1. The zero-order chi connectivity index (χ0) is 16.8. The van der Waals surface area contributed by atoms with Crippen LogP contribution in [0.4, 0.5) is 14.9 Å². The van der Waals surface area contributed by atoms with Gasteiger partial charge in [-0.05, 0) is 24.3 Å². The second kappa shape index (κ2) is 7.35. The highest BCUT2D eigenvalue weighted by Crippen LogP contribution is 2.26. The predicted molar refractivity (Wildman–Crippen MR) is 83.5 cm³/mol. The lowest BCUT2D eigenvalue weighted by atomic mass is 10.2. The Bertz CT molecular complexity index is 706. The number of carbonyl (C=O) groups is 1. The van der Waals surface area contributed by atoms with Gasteiger partial charge in [0, 0.05) is 29.9 Å². The first-order valence-corrected chi connectivity index (χ1v) is 6.75. The zero-order valence-corrected chi connectivity index (χ0v) is 12.8. The van der Waals surface area contributed by atoms with E-state index in [1.807, 2.05) is 12.1 Å². The quantitative estimate of drug-likeness (QED) is 0.855. The molecule has 0 heterocycles. The number of benzene rings is 2.